The number of benzene rings is 1. The highest BCUT2D eigenvalue weighted by Gasteiger charge is 2.24. The summed E-state index contributed by atoms with van der Waals surface area (Å²) in [5.41, 5.74) is 2.75. The van der Waals surface area contributed by atoms with E-state index in [2.05, 4.69) is 12.2 Å². The summed E-state index contributed by atoms with van der Waals surface area (Å²) >= 11 is 0. The number of ether oxygens (including phenoxy) is 1. The molecule has 0 saturated carbocycles. The van der Waals surface area contributed by atoms with Gasteiger partial charge in [0.1, 0.15) is 5.69 Å². The molecule has 1 aromatic carbocycles. The van der Waals surface area contributed by atoms with Gasteiger partial charge in [0.2, 0.25) is 0 Å². The molecule has 0 spiro atoms. The molecule has 104 valence electrons. The van der Waals surface area contributed by atoms with Crippen molar-refractivity contribution < 1.29 is 9.66 Å². The Kier molecular flexibility index (Phi) is 4.04. The van der Waals surface area contributed by atoms with Gasteiger partial charge in [-0.1, -0.05) is 0 Å². The number of anilines is 1. The standard InChI is InChI=1S/C14H20N2O3/c1-9-6-13(14(16(17)18)7-10(9)2)15-11(3)12-4-5-19-8-12/h6-7,11-12,15H,4-5,8H2,1-3H3. The zero-order valence-electron chi connectivity index (χ0n) is 11.6. The molecule has 0 aliphatic carbocycles. The van der Waals surface area contributed by atoms with Gasteiger partial charge in [-0.15, -0.1) is 0 Å². The minimum Gasteiger partial charge on any atom is -0.381 e. The summed E-state index contributed by atoms with van der Waals surface area (Å²) in [6.07, 6.45) is 1.01. The Morgan fingerprint density at radius 2 is 2.11 bits per heavy atom. The van der Waals surface area contributed by atoms with Gasteiger partial charge in [0.25, 0.3) is 5.69 Å². The molecule has 5 nitrogen and oxygen atoms in total. The average Bonchev–Trinajstić information content (AvgIpc) is 2.86. The van der Waals surface area contributed by atoms with Crippen LogP contribution in [-0.4, -0.2) is 24.2 Å². The first-order valence-corrected chi connectivity index (χ1v) is 6.59. The molecular formula is C14H20N2O3. The van der Waals surface area contributed by atoms with Crippen LogP contribution in [0.1, 0.15) is 24.5 Å². The van der Waals surface area contributed by atoms with E-state index >= 15 is 0 Å². The van der Waals surface area contributed by atoms with Crippen molar-refractivity contribution in [2.45, 2.75) is 33.2 Å². The number of aryl methyl sites for hydroxylation is 2. The zero-order chi connectivity index (χ0) is 14.0. The van der Waals surface area contributed by atoms with Gasteiger partial charge in [-0.05, 0) is 44.4 Å². The fourth-order valence-electron chi connectivity index (χ4n) is 2.38. The van der Waals surface area contributed by atoms with Crippen LogP contribution in [-0.2, 0) is 4.74 Å². The first kappa shape index (κ1) is 13.8. The second kappa shape index (κ2) is 5.57. The van der Waals surface area contributed by atoms with Gasteiger partial charge in [-0.2, -0.15) is 0 Å². The number of nitro groups is 1. The number of hydrogen-bond acceptors (Lipinski definition) is 4. The highest BCUT2D eigenvalue weighted by atomic mass is 16.6. The van der Waals surface area contributed by atoms with E-state index in [1.165, 1.54) is 0 Å². The lowest BCUT2D eigenvalue weighted by atomic mass is 9.99. The molecule has 0 amide bonds. The molecule has 2 atom stereocenters. The van der Waals surface area contributed by atoms with Crippen LogP contribution in [0.3, 0.4) is 0 Å². The Balaban J connectivity index is 2.22. The molecule has 1 N–H and O–H groups in total. The minimum absolute atomic E-state index is 0.147. The lowest BCUT2D eigenvalue weighted by Gasteiger charge is -2.21. The van der Waals surface area contributed by atoms with Crippen LogP contribution in [0.25, 0.3) is 0 Å². The van der Waals surface area contributed by atoms with Gasteiger partial charge >= 0.3 is 0 Å². The van der Waals surface area contributed by atoms with Gasteiger partial charge in [0.15, 0.2) is 0 Å². The van der Waals surface area contributed by atoms with Crippen LogP contribution in [0.15, 0.2) is 12.1 Å². The second-order valence-corrected chi connectivity index (χ2v) is 5.27. The van der Waals surface area contributed by atoms with E-state index in [9.17, 15) is 10.1 Å². The summed E-state index contributed by atoms with van der Waals surface area (Å²) in [5, 5.41) is 14.4. The Morgan fingerprint density at radius 3 is 2.68 bits per heavy atom. The third-order valence-corrected chi connectivity index (χ3v) is 3.86. The number of nitrogens with one attached hydrogen (secondary N) is 1. The van der Waals surface area contributed by atoms with Gasteiger partial charge in [-0.25, -0.2) is 0 Å². The van der Waals surface area contributed by atoms with Crippen molar-refractivity contribution in [2.75, 3.05) is 18.5 Å². The van der Waals surface area contributed by atoms with Gasteiger partial charge in [-0.3, -0.25) is 10.1 Å². The predicted molar refractivity (Wildman–Crippen MR) is 74.6 cm³/mol. The lowest BCUT2D eigenvalue weighted by Crippen LogP contribution is -2.26. The van der Waals surface area contributed by atoms with E-state index in [0.29, 0.717) is 11.6 Å². The third-order valence-electron chi connectivity index (χ3n) is 3.86. The van der Waals surface area contributed by atoms with Crippen LogP contribution in [0.2, 0.25) is 0 Å². The van der Waals surface area contributed by atoms with Crippen molar-refractivity contribution in [2.24, 2.45) is 5.92 Å². The smallest absolute Gasteiger partial charge is 0.292 e. The minimum atomic E-state index is -0.327. The molecule has 2 rings (SSSR count). The molecular weight excluding hydrogens is 244 g/mol. The quantitative estimate of drug-likeness (QED) is 0.670. The Morgan fingerprint density at radius 1 is 1.42 bits per heavy atom. The summed E-state index contributed by atoms with van der Waals surface area (Å²) in [6.45, 7) is 7.42. The van der Waals surface area contributed by atoms with E-state index in [4.69, 9.17) is 4.74 Å². The highest BCUT2D eigenvalue weighted by Crippen LogP contribution is 2.30. The largest absolute Gasteiger partial charge is 0.381 e. The Labute approximate surface area is 113 Å². The van der Waals surface area contributed by atoms with Crippen molar-refractivity contribution in [3.05, 3.63) is 33.4 Å². The SMILES string of the molecule is Cc1cc(NC(C)C2CCOC2)c([N+](=O)[O-])cc1C. The Bertz CT molecular complexity index is 482. The maximum atomic E-state index is 11.1. The van der Waals surface area contributed by atoms with Crippen LogP contribution in [0.4, 0.5) is 11.4 Å². The molecule has 1 saturated heterocycles. The predicted octanol–water partition coefficient (Wildman–Crippen LogP) is 3.05. The van der Waals surface area contributed by atoms with Crippen molar-refractivity contribution in [1.82, 2.24) is 0 Å². The number of hydrogen-bond donors (Lipinski definition) is 1. The monoisotopic (exact) mass is 264 g/mol. The molecule has 1 fully saturated rings. The van der Waals surface area contributed by atoms with E-state index in [0.717, 1.165) is 30.8 Å². The molecule has 5 heteroatoms. The number of rotatable bonds is 4. The molecule has 1 aromatic rings. The average molecular weight is 264 g/mol. The number of nitro benzene ring substituents is 1. The topological polar surface area (TPSA) is 64.4 Å². The van der Waals surface area contributed by atoms with Crippen LogP contribution in [0.5, 0.6) is 0 Å². The normalized spacial score (nSPS) is 20.3. The van der Waals surface area contributed by atoms with E-state index in [1.807, 2.05) is 19.9 Å². The zero-order valence-corrected chi connectivity index (χ0v) is 11.6. The summed E-state index contributed by atoms with van der Waals surface area (Å²) in [4.78, 5) is 10.8. The molecule has 19 heavy (non-hydrogen) atoms. The van der Waals surface area contributed by atoms with Crippen molar-refractivity contribution >= 4 is 11.4 Å². The molecule has 1 aliphatic heterocycles. The summed E-state index contributed by atoms with van der Waals surface area (Å²) < 4.78 is 5.36. The summed E-state index contributed by atoms with van der Waals surface area (Å²) in [6, 6.07) is 3.67. The molecule has 0 bridgehead atoms. The van der Waals surface area contributed by atoms with Crippen LogP contribution in [0, 0.1) is 29.9 Å². The van der Waals surface area contributed by atoms with E-state index in [1.54, 1.807) is 6.07 Å². The van der Waals surface area contributed by atoms with Crippen molar-refractivity contribution in [3.8, 4) is 0 Å². The van der Waals surface area contributed by atoms with Gasteiger partial charge in [0, 0.05) is 24.6 Å². The number of nitrogens with zero attached hydrogens (tertiary/aromatic N) is 1. The second-order valence-electron chi connectivity index (χ2n) is 5.27. The summed E-state index contributed by atoms with van der Waals surface area (Å²) in [5.74, 6) is 0.418. The highest BCUT2D eigenvalue weighted by molar-refractivity contribution is 5.64. The van der Waals surface area contributed by atoms with Gasteiger partial charge < -0.3 is 10.1 Å². The third kappa shape index (κ3) is 3.04. The first-order chi connectivity index (χ1) is 8.99. The maximum absolute atomic E-state index is 11.1. The fourth-order valence-corrected chi connectivity index (χ4v) is 2.38. The van der Waals surface area contributed by atoms with E-state index < -0.39 is 0 Å². The fraction of sp³-hybridized carbons (Fsp3) is 0.571. The van der Waals surface area contributed by atoms with Crippen LogP contribution >= 0.6 is 0 Å². The summed E-state index contributed by atoms with van der Waals surface area (Å²) in [7, 11) is 0. The molecule has 0 aromatic heterocycles. The van der Waals surface area contributed by atoms with E-state index in [-0.39, 0.29) is 16.7 Å². The molecule has 1 heterocycles. The van der Waals surface area contributed by atoms with Crippen molar-refractivity contribution in [1.29, 1.82) is 0 Å². The van der Waals surface area contributed by atoms with Crippen molar-refractivity contribution in [3.63, 3.8) is 0 Å². The lowest BCUT2D eigenvalue weighted by molar-refractivity contribution is -0.384. The molecule has 0 radical (unpaired) electrons. The molecule has 1 aliphatic rings. The van der Waals surface area contributed by atoms with Gasteiger partial charge in [0.05, 0.1) is 11.5 Å². The maximum Gasteiger partial charge on any atom is 0.292 e. The first-order valence-electron chi connectivity index (χ1n) is 6.59. The Hall–Kier alpha value is -1.62. The molecule has 2 unspecified atom stereocenters. The van der Waals surface area contributed by atoms with Crippen LogP contribution < -0.4 is 5.32 Å².